The first-order valence-electron chi connectivity index (χ1n) is 6.68. The van der Waals surface area contributed by atoms with Gasteiger partial charge in [0.1, 0.15) is 0 Å². The SMILES string of the molecule is O=C(O)C1CCN(C(=O)c2nc(-c3ccccc3)cs2)C1. The van der Waals surface area contributed by atoms with Gasteiger partial charge >= 0.3 is 5.97 Å². The molecule has 108 valence electrons. The fourth-order valence-corrected chi connectivity index (χ4v) is 3.19. The molecule has 0 radical (unpaired) electrons. The predicted molar refractivity (Wildman–Crippen MR) is 79.2 cm³/mol. The van der Waals surface area contributed by atoms with Gasteiger partial charge in [-0.3, -0.25) is 9.59 Å². The van der Waals surface area contributed by atoms with Gasteiger partial charge in [0.25, 0.3) is 5.91 Å². The highest BCUT2D eigenvalue weighted by Crippen LogP contribution is 2.24. The standard InChI is InChI=1S/C15H14N2O3S/c18-14(17-7-6-11(8-17)15(19)20)13-16-12(9-21-13)10-4-2-1-3-5-10/h1-5,9,11H,6-8H2,(H,19,20). The van der Waals surface area contributed by atoms with Crippen LogP contribution in [0.5, 0.6) is 0 Å². The van der Waals surface area contributed by atoms with E-state index >= 15 is 0 Å². The molecule has 0 bridgehead atoms. The van der Waals surface area contributed by atoms with Gasteiger partial charge in [0, 0.05) is 24.0 Å². The smallest absolute Gasteiger partial charge is 0.308 e. The van der Waals surface area contributed by atoms with Crippen LogP contribution in [0.25, 0.3) is 11.3 Å². The first kappa shape index (κ1) is 13.8. The topological polar surface area (TPSA) is 70.5 Å². The van der Waals surface area contributed by atoms with Gasteiger partial charge in [0.15, 0.2) is 5.01 Å². The number of carbonyl (C=O) groups excluding carboxylic acids is 1. The Balaban J connectivity index is 1.75. The summed E-state index contributed by atoms with van der Waals surface area (Å²) >= 11 is 1.30. The van der Waals surface area contributed by atoms with E-state index in [2.05, 4.69) is 4.98 Å². The summed E-state index contributed by atoms with van der Waals surface area (Å²) in [5.41, 5.74) is 1.75. The molecule has 2 aromatic rings. The van der Waals surface area contributed by atoms with Crippen molar-refractivity contribution in [3.8, 4) is 11.3 Å². The Hall–Kier alpha value is -2.21. The number of carboxylic acids is 1. The normalized spacial score (nSPS) is 17.9. The lowest BCUT2D eigenvalue weighted by atomic mass is 10.1. The second kappa shape index (κ2) is 5.65. The highest BCUT2D eigenvalue weighted by molar-refractivity contribution is 7.12. The highest BCUT2D eigenvalue weighted by Gasteiger charge is 2.32. The van der Waals surface area contributed by atoms with E-state index < -0.39 is 11.9 Å². The lowest BCUT2D eigenvalue weighted by molar-refractivity contribution is -0.141. The molecular formula is C15H14N2O3S. The zero-order valence-corrected chi connectivity index (χ0v) is 12.0. The van der Waals surface area contributed by atoms with Crippen LogP contribution in [0, 0.1) is 5.92 Å². The van der Waals surface area contributed by atoms with Crippen molar-refractivity contribution < 1.29 is 14.7 Å². The third-order valence-electron chi connectivity index (χ3n) is 3.58. The number of nitrogens with zero attached hydrogens (tertiary/aromatic N) is 2. The number of carboxylic acid groups (broad SMARTS) is 1. The molecule has 2 heterocycles. The number of hydrogen-bond donors (Lipinski definition) is 1. The molecular weight excluding hydrogens is 288 g/mol. The molecule has 0 saturated carbocycles. The van der Waals surface area contributed by atoms with Crippen molar-refractivity contribution in [2.24, 2.45) is 5.92 Å². The van der Waals surface area contributed by atoms with Crippen molar-refractivity contribution in [2.75, 3.05) is 13.1 Å². The Labute approximate surface area is 125 Å². The van der Waals surface area contributed by atoms with Crippen LogP contribution in [0.4, 0.5) is 0 Å². The van der Waals surface area contributed by atoms with Crippen molar-refractivity contribution >= 4 is 23.2 Å². The summed E-state index contributed by atoms with van der Waals surface area (Å²) in [4.78, 5) is 29.2. The minimum absolute atomic E-state index is 0.175. The van der Waals surface area contributed by atoms with E-state index in [4.69, 9.17) is 5.11 Å². The Morgan fingerprint density at radius 2 is 2.05 bits per heavy atom. The van der Waals surface area contributed by atoms with Crippen molar-refractivity contribution in [3.05, 3.63) is 40.7 Å². The summed E-state index contributed by atoms with van der Waals surface area (Å²) in [6.45, 7) is 0.754. The van der Waals surface area contributed by atoms with Crippen LogP contribution in [0.15, 0.2) is 35.7 Å². The number of thiazole rings is 1. The molecule has 1 fully saturated rings. The van der Waals surface area contributed by atoms with E-state index in [1.165, 1.54) is 11.3 Å². The van der Waals surface area contributed by atoms with Gasteiger partial charge in [0.05, 0.1) is 11.6 Å². The Morgan fingerprint density at radius 1 is 1.29 bits per heavy atom. The molecule has 0 spiro atoms. The van der Waals surface area contributed by atoms with Gasteiger partial charge in [0.2, 0.25) is 0 Å². The molecule has 1 atom stereocenters. The summed E-state index contributed by atoms with van der Waals surface area (Å²) in [5, 5.41) is 11.3. The molecule has 1 aliphatic heterocycles. The summed E-state index contributed by atoms with van der Waals surface area (Å²) in [6, 6.07) is 9.67. The molecule has 1 unspecified atom stereocenters. The number of amides is 1. The van der Waals surface area contributed by atoms with Crippen LogP contribution >= 0.6 is 11.3 Å². The molecule has 21 heavy (non-hydrogen) atoms. The zero-order chi connectivity index (χ0) is 14.8. The first-order chi connectivity index (χ1) is 10.1. The van der Waals surface area contributed by atoms with Crippen molar-refractivity contribution in [1.29, 1.82) is 0 Å². The second-order valence-electron chi connectivity index (χ2n) is 4.98. The van der Waals surface area contributed by atoms with Gasteiger partial charge in [-0.1, -0.05) is 30.3 Å². The monoisotopic (exact) mass is 302 g/mol. The minimum atomic E-state index is -0.839. The third kappa shape index (κ3) is 2.80. The maximum Gasteiger partial charge on any atom is 0.308 e. The van der Waals surface area contributed by atoms with E-state index in [0.29, 0.717) is 18.0 Å². The van der Waals surface area contributed by atoms with Crippen LogP contribution < -0.4 is 0 Å². The maximum absolute atomic E-state index is 12.3. The van der Waals surface area contributed by atoms with Crippen LogP contribution in [-0.4, -0.2) is 40.0 Å². The van der Waals surface area contributed by atoms with Gasteiger partial charge in [-0.25, -0.2) is 4.98 Å². The molecule has 5 nitrogen and oxygen atoms in total. The number of aliphatic carboxylic acids is 1. The average molecular weight is 302 g/mol. The number of carbonyl (C=O) groups is 2. The number of likely N-dealkylation sites (tertiary alicyclic amines) is 1. The summed E-state index contributed by atoms with van der Waals surface area (Å²) in [7, 11) is 0. The number of benzene rings is 1. The number of rotatable bonds is 3. The third-order valence-corrected chi connectivity index (χ3v) is 4.41. The van der Waals surface area contributed by atoms with Gasteiger partial charge in [-0.05, 0) is 6.42 Å². The minimum Gasteiger partial charge on any atom is -0.481 e. The lowest BCUT2D eigenvalue weighted by Crippen LogP contribution is -2.29. The van der Waals surface area contributed by atoms with Crippen LogP contribution in [0.3, 0.4) is 0 Å². The van der Waals surface area contributed by atoms with Crippen LogP contribution in [0.2, 0.25) is 0 Å². The maximum atomic E-state index is 12.3. The molecule has 1 saturated heterocycles. The van der Waals surface area contributed by atoms with E-state index in [9.17, 15) is 9.59 Å². The highest BCUT2D eigenvalue weighted by atomic mass is 32.1. The fraction of sp³-hybridized carbons (Fsp3) is 0.267. The molecule has 6 heteroatoms. The number of aromatic nitrogens is 1. The molecule has 1 amide bonds. The van der Waals surface area contributed by atoms with Gasteiger partial charge < -0.3 is 10.0 Å². The van der Waals surface area contributed by atoms with E-state index in [1.807, 2.05) is 35.7 Å². The average Bonchev–Trinajstić information content (AvgIpc) is 3.17. The Bertz CT molecular complexity index is 669. The first-order valence-corrected chi connectivity index (χ1v) is 7.56. The predicted octanol–water partition coefficient (Wildman–Crippen LogP) is 2.36. The number of hydrogen-bond acceptors (Lipinski definition) is 4. The Kier molecular flexibility index (Phi) is 3.70. The molecule has 0 aliphatic carbocycles. The summed E-state index contributed by atoms with van der Waals surface area (Å²) in [5.74, 6) is -1.47. The van der Waals surface area contributed by atoms with Gasteiger partial charge in [-0.15, -0.1) is 11.3 Å². The fourth-order valence-electron chi connectivity index (χ4n) is 2.40. The van der Waals surface area contributed by atoms with Gasteiger partial charge in [-0.2, -0.15) is 0 Å². The van der Waals surface area contributed by atoms with E-state index in [0.717, 1.165) is 11.3 Å². The zero-order valence-electron chi connectivity index (χ0n) is 11.2. The van der Waals surface area contributed by atoms with Crippen molar-refractivity contribution in [3.63, 3.8) is 0 Å². The van der Waals surface area contributed by atoms with E-state index in [1.54, 1.807) is 4.90 Å². The molecule has 1 aromatic heterocycles. The van der Waals surface area contributed by atoms with Crippen LogP contribution in [-0.2, 0) is 4.79 Å². The van der Waals surface area contributed by atoms with Crippen molar-refractivity contribution in [1.82, 2.24) is 9.88 Å². The quantitative estimate of drug-likeness (QED) is 0.945. The molecule has 1 aromatic carbocycles. The molecule has 1 N–H and O–H groups in total. The lowest BCUT2D eigenvalue weighted by Gasteiger charge is -2.13. The second-order valence-corrected chi connectivity index (χ2v) is 5.84. The van der Waals surface area contributed by atoms with E-state index in [-0.39, 0.29) is 12.5 Å². The van der Waals surface area contributed by atoms with Crippen molar-refractivity contribution in [2.45, 2.75) is 6.42 Å². The van der Waals surface area contributed by atoms with Crippen LogP contribution in [0.1, 0.15) is 16.2 Å². The largest absolute Gasteiger partial charge is 0.481 e. The Morgan fingerprint density at radius 3 is 2.71 bits per heavy atom. The summed E-state index contributed by atoms with van der Waals surface area (Å²) < 4.78 is 0. The molecule has 3 rings (SSSR count). The molecule has 1 aliphatic rings. The summed E-state index contributed by atoms with van der Waals surface area (Å²) in [6.07, 6.45) is 0.512.